The highest BCUT2D eigenvalue weighted by Gasteiger charge is 2.12. The van der Waals surface area contributed by atoms with E-state index in [1.54, 1.807) is 23.6 Å². The van der Waals surface area contributed by atoms with Gasteiger partial charge in [-0.3, -0.25) is 0 Å². The first kappa shape index (κ1) is 10.6. The number of carbonyl (C=O) groups is 1. The molecular weight excluding hydrogens is 158 g/mol. The van der Waals surface area contributed by atoms with E-state index in [0.29, 0.717) is 5.56 Å². The molecule has 0 atom stereocenters. The van der Waals surface area contributed by atoms with Gasteiger partial charge in [0, 0.05) is 13.0 Å². The summed E-state index contributed by atoms with van der Waals surface area (Å²) >= 11 is 0. The third-order valence-electron chi connectivity index (χ3n) is 1.72. The van der Waals surface area contributed by atoms with Gasteiger partial charge in [0.25, 0.3) is 0 Å². The SMILES string of the molecule is Cc1c(C(=O)O)ccc[n+]1C.[OH-]. The van der Waals surface area contributed by atoms with Gasteiger partial charge in [-0.1, -0.05) is 0 Å². The Bertz CT molecular complexity index is 296. The van der Waals surface area contributed by atoms with Crippen molar-refractivity contribution in [1.82, 2.24) is 0 Å². The van der Waals surface area contributed by atoms with E-state index in [0.717, 1.165) is 5.69 Å². The Labute approximate surface area is 70.4 Å². The van der Waals surface area contributed by atoms with Crippen LogP contribution in [0.5, 0.6) is 0 Å². The van der Waals surface area contributed by atoms with Crippen molar-refractivity contribution in [2.24, 2.45) is 7.05 Å². The number of aryl methyl sites for hydroxylation is 1. The summed E-state index contributed by atoms with van der Waals surface area (Å²) in [6.07, 6.45) is 1.82. The molecule has 0 aromatic carbocycles. The van der Waals surface area contributed by atoms with Gasteiger partial charge in [0.2, 0.25) is 0 Å². The van der Waals surface area contributed by atoms with E-state index in [9.17, 15) is 4.79 Å². The van der Waals surface area contributed by atoms with Crippen LogP contribution < -0.4 is 4.57 Å². The molecule has 1 heterocycles. The van der Waals surface area contributed by atoms with Crippen LogP contribution in [-0.2, 0) is 7.05 Å². The minimum atomic E-state index is -0.876. The van der Waals surface area contributed by atoms with Gasteiger partial charge in [-0.05, 0) is 6.07 Å². The number of carboxylic acid groups (broad SMARTS) is 1. The van der Waals surface area contributed by atoms with Crippen molar-refractivity contribution in [1.29, 1.82) is 0 Å². The Morgan fingerprint density at radius 3 is 2.58 bits per heavy atom. The van der Waals surface area contributed by atoms with E-state index >= 15 is 0 Å². The molecule has 0 aliphatic carbocycles. The van der Waals surface area contributed by atoms with Crippen molar-refractivity contribution in [3.8, 4) is 0 Å². The summed E-state index contributed by atoms with van der Waals surface area (Å²) in [5.41, 5.74) is 1.12. The van der Waals surface area contributed by atoms with Gasteiger partial charge in [-0.25, -0.2) is 9.36 Å². The molecule has 0 aliphatic rings. The number of hydrogen-bond donors (Lipinski definition) is 1. The van der Waals surface area contributed by atoms with Crippen LogP contribution in [-0.4, -0.2) is 16.6 Å². The smallest absolute Gasteiger partial charge is 0.342 e. The maximum atomic E-state index is 10.6. The number of hydrogen-bond acceptors (Lipinski definition) is 2. The van der Waals surface area contributed by atoms with E-state index in [1.807, 2.05) is 13.2 Å². The molecule has 66 valence electrons. The number of aromatic nitrogens is 1. The van der Waals surface area contributed by atoms with Crippen LogP contribution in [0, 0.1) is 6.92 Å². The topological polar surface area (TPSA) is 71.2 Å². The van der Waals surface area contributed by atoms with Gasteiger partial charge in [-0.2, -0.15) is 0 Å². The second-order valence-corrected chi connectivity index (χ2v) is 2.42. The number of carboxylic acids is 1. The number of aromatic carboxylic acids is 1. The van der Waals surface area contributed by atoms with E-state index in [4.69, 9.17) is 5.11 Å². The van der Waals surface area contributed by atoms with E-state index in [1.165, 1.54) is 0 Å². The first-order valence-corrected chi connectivity index (χ1v) is 3.31. The maximum Gasteiger partial charge on any atom is 0.342 e. The standard InChI is InChI=1S/C8H9NO2.H2O/c1-6-7(8(10)11)4-3-5-9(6)2;/h3-5H,1-2H3;1H2. The maximum absolute atomic E-state index is 10.6. The van der Waals surface area contributed by atoms with Gasteiger partial charge < -0.3 is 10.6 Å². The lowest BCUT2D eigenvalue weighted by atomic mass is 10.2. The molecule has 0 amide bonds. The zero-order valence-electron chi connectivity index (χ0n) is 6.98. The Balaban J connectivity index is 0.00000121. The monoisotopic (exact) mass is 169 g/mol. The third kappa shape index (κ3) is 1.79. The summed E-state index contributed by atoms with van der Waals surface area (Å²) in [6, 6.07) is 3.31. The number of nitrogens with zero attached hydrogens (tertiary/aromatic N) is 1. The summed E-state index contributed by atoms with van der Waals surface area (Å²) in [6.45, 7) is 1.78. The fourth-order valence-electron chi connectivity index (χ4n) is 0.917. The van der Waals surface area contributed by atoms with E-state index < -0.39 is 5.97 Å². The molecule has 4 nitrogen and oxygen atoms in total. The fourth-order valence-corrected chi connectivity index (χ4v) is 0.917. The van der Waals surface area contributed by atoms with E-state index in [-0.39, 0.29) is 5.48 Å². The Morgan fingerprint density at radius 1 is 1.58 bits per heavy atom. The summed E-state index contributed by atoms with van der Waals surface area (Å²) < 4.78 is 1.78. The summed E-state index contributed by atoms with van der Waals surface area (Å²) in [5, 5.41) is 8.68. The Morgan fingerprint density at radius 2 is 2.17 bits per heavy atom. The van der Waals surface area contributed by atoms with Crippen LogP contribution in [0.25, 0.3) is 0 Å². The molecule has 0 aliphatic heterocycles. The highest BCUT2D eigenvalue weighted by molar-refractivity contribution is 5.88. The zero-order chi connectivity index (χ0) is 8.43. The van der Waals surface area contributed by atoms with Crippen LogP contribution >= 0.6 is 0 Å². The number of rotatable bonds is 1. The second-order valence-electron chi connectivity index (χ2n) is 2.42. The molecular formula is C8H11NO3. The number of pyridine rings is 1. The lowest BCUT2D eigenvalue weighted by Gasteiger charge is -1.96. The van der Waals surface area contributed by atoms with Crippen LogP contribution in [0.4, 0.5) is 0 Å². The van der Waals surface area contributed by atoms with Gasteiger partial charge in [0.05, 0.1) is 0 Å². The van der Waals surface area contributed by atoms with Crippen LogP contribution in [0.15, 0.2) is 18.3 Å². The molecule has 1 rings (SSSR count). The van der Waals surface area contributed by atoms with Crippen molar-refractivity contribution >= 4 is 5.97 Å². The second kappa shape index (κ2) is 3.82. The van der Waals surface area contributed by atoms with Gasteiger partial charge in [0.1, 0.15) is 12.6 Å². The van der Waals surface area contributed by atoms with Crippen molar-refractivity contribution < 1.29 is 19.9 Å². The molecule has 12 heavy (non-hydrogen) atoms. The lowest BCUT2D eigenvalue weighted by Crippen LogP contribution is -2.33. The van der Waals surface area contributed by atoms with Gasteiger partial charge >= 0.3 is 5.97 Å². The molecule has 0 fully saturated rings. The average molecular weight is 169 g/mol. The van der Waals surface area contributed by atoms with Crippen molar-refractivity contribution in [2.75, 3.05) is 0 Å². The first-order chi connectivity index (χ1) is 5.13. The molecule has 4 heteroatoms. The lowest BCUT2D eigenvalue weighted by molar-refractivity contribution is -0.677. The largest absolute Gasteiger partial charge is 0.870 e. The minimum absolute atomic E-state index is 0. The summed E-state index contributed by atoms with van der Waals surface area (Å²) in [5.74, 6) is -0.876. The predicted molar refractivity (Wildman–Crippen MR) is 41.3 cm³/mol. The molecule has 0 radical (unpaired) electrons. The minimum Gasteiger partial charge on any atom is -0.870 e. The molecule has 2 N–H and O–H groups in total. The molecule has 0 saturated carbocycles. The fraction of sp³-hybridized carbons (Fsp3) is 0.250. The highest BCUT2D eigenvalue weighted by Crippen LogP contribution is 2.00. The van der Waals surface area contributed by atoms with E-state index in [2.05, 4.69) is 0 Å². The first-order valence-electron chi connectivity index (χ1n) is 3.31. The summed E-state index contributed by atoms with van der Waals surface area (Å²) in [7, 11) is 1.82. The van der Waals surface area contributed by atoms with Crippen LogP contribution in [0.3, 0.4) is 0 Å². The van der Waals surface area contributed by atoms with Crippen molar-refractivity contribution in [3.63, 3.8) is 0 Å². The highest BCUT2D eigenvalue weighted by atomic mass is 16.4. The van der Waals surface area contributed by atoms with Gasteiger partial charge in [0.15, 0.2) is 11.9 Å². The Hall–Kier alpha value is -1.42. The Kier molecular flexibility index (Phi) is 3.37. The molecule has 0 bridgehead atoms. The third-order valence-corrected chi connectivity index (χ3v) is 1.72. The van der Waals surface area contributed by atoms with Crippen LogP contribution in [0.2, 0.25) is 0 Å². The summed E-state index contributed by atoms with van der Waals surface area (Å²) in [4.78, 5) is 10.6. The quantitative estimate of drug-likeness (QED) is 0.616. The molecule has 0 unspecified atom stereocenters. The average Bonchev–Trinajstić information content (AvgIpc) is 1.94. The molecule has 1 aromatic heterocycles. The van der Waals surface area contributed by atoms with Crippen molar-refractivity contribution in [3.05, 3.63) is 29.6 Å². The predicted octanol–water partition coefficient (Wildman–Crippen LogP) is 0.341. The van der Waals surface area contributed by atoms with Gasteiger partial charge in [-0.15, -0.1) is 0 Å². The zero-order valence-corrected chi connectivity index (χ0v) is 6.98. The molecule has 1 aromatic rings. The molecule has 0 spiro atoms. The normalized spacial score (nSPS) is 8.83. The van der Waals surface area contributed by atoms with Crippen LogP contribution in [0.1, 0.15) is 16.1 Å². The molecule has 0 saturated heterocycles. The van der Waals surface area contributed by atoms with Crippen molar-refractivity contribution in [2.45, 2.75) is 6.92 Å².